The molecule has 3 aromatic rings. The Morgan fingerprint density at radius 3 is 2.52 bits per heavy atom. The monoisotopic (exact) mass is 331 g/mol. The fourth-order valence-corrected chi connectivity index (χ4v) is 4.00. The first-order valence-corrected chi connectivity index (χ1v) is 8.94. The molecule has 1 heterocycles. The zero-order chi connectivity index (χ0) is 14.5. The van der Waals surface area contributed by atoms with Crippen molar-refractivity contribution in [2.45, 2.75) is 10.8 Å². The first kappa shape index (κ1) is 14.6. The summed E-state index contributed by atoms with van der Waals surface area (Å²) in [6, 6.07) is 18.4. The lowest BCUT2D eigenvalue weighted by Crippen LogP contribution is -1.87. The molecule has 0 fully saturated rings. The van der Waals surface area contributed by atoms with Gasteiger partial charge in [-0.1, -0.05) is 65.8 Å². The van der Waals surface area contributed by atoms with Crippen molar-refractivity contribution in [2.24, 2.45) is 0 Å². The Morgan fingerprint density at radius 1 is 1.00 bits per heavy atom. The molecule has 0 spiro atoms. The Balaban J connectivity index is 1.59. The lowest BCUT2D eigenvalue weighted by atomic mass is 10.2. The quantitative estimate of drug-likeness (QED) is 0.548. The van der Waals surface area contributed by atoms with Gasteiger partial charge in [0.2, 0.25) is 0 Å². The second-order valence-electron chi connectivity index (χ2n) is 4.59. The van der Waals surface area contributed by atoms with Crippen LogP contribution in [-0.2, 0) is 6.42 Å². The van der Waals surface area contributed by atoms with Crippen molar-refractivity contribution in [1.82, 2.24) is 4.98 Å². The molecule has 4 heteroatoms. The number of hydrogen-bond donors (Lipinski definition) is 0. The number of rotatable bonds is 5. The third-order valence-electron chi connectivity index (χ3n) is 3.08. The second kappa shape index (κ2) is 7.12. The van der Waals surface area contributed by atoms with E-state index in [0.29, 0.717) is 0 Å². The molecule has 0 aliphatic heterocycles. The highest BCUT2D eigenvalue weighted by Crippen LogP contribution is 2.29. The number of benzene rings is 2. The topological polar surface area (TPSA) is 12.9 Å². The number of thiazole rings is 1. The summed E-state index contributed by atoms with van der Waals surface area (Å²) in [7, 11) is 0. The molecule has 0 saturated carbocycles. The number of nitrogens with zero attached hydrogens (tertiary/aromatic N) is 1. The van der Waals surface area contributed by atoms with Crippen LogP contribution in [0.2, 0.25) is 5.02 Å². The summed E-state index contributed by atoms with van der Waals surface area (Å²) in [6.07, 6.45) is 1.07. The molecule has 0 aliphatic rings. The van der Waals surface area contributed by atoms with Gasteiger partial charge in [0, 0.05) is 21.7 Å². The molecule has 0 N–H and O–H groups in total. The summed E-state index contributed by atoms with van der Waals surface area (Å²) in [4.78, 5) is 4.68. The predicted octanol–water partition coefficient (Wildman–Crippen LogP) is 5.80. The molecular weight excluding hydrogens is 318 g/mol. The normalized spacial score (nSPS) is 10.7. The number of halogens is 1. The summed E-state index contributed by atoms with van der Waals surface area (Å²) < 4.78 is 1.12. The highest BCUT2D eigenvalue weighted by atomic mass is 35.5. The van der Waals surface area contributed by atoms with Crippen molar-refractivity contribution in [3.05, 3.63) is 70.6 Å². The van der Waals surface area contributed by atoms with Gasteiger partial charge in [-0.15, -0.1) is 11.3 Å². The molecule has 0 saturated heterocycles. The van der Waals surface area contributed by atoms with E-state index < -0.39 is 0 Å². The van der Waals surface area contributed by atoms with Gasteiger partial charge in [0.25, 0.3) is 0 Å². The summed E-state index contributed by atoms with van der Waals surface area (Å²) in [6.45, 7) is 0. The van der Waals surface area contributed by atoms with Crippen molar-refractivity contribution < 1.29 is 0 Å². The van der Waals surface area contributed by atoms with Crippen LogP contribution in [0.4, 0.5) is 0 Å². The zero-order valence-electron chi connectivity index (χ0n) is 11.3. The van der Waals surface area contributed by atoms with Crippen LogP contribution in [0.5, 0.6) is 0 Å². The first-order valence-electron chi connectivity index (χ1n) is 6.69. The molecule has 0 aliphatic carbocycles. The lowest BCUT2D eigenvalue weighted by Gasteiger charge is -1.99. The van der Waals surface area contributed by atoms with Crippen LogP contribution in [0.1, 0.15) is 5.56 Å². The van der Waals surface area contributed by atoms with Gasteiger partial charge in [-0.05, 0) is 24.1 Å². The second-order valence-corrected chi connectivity index (χ2v) is 7.23. The molecule has 3 rings (SSSR count). The minimum Gasteiger partial charge on any atom is -0.230 e. The molecular formula is C17H14ClNS2. The molecule has 0 amide bonds. The fraction of sp³-hybridized carbons (Fsp3) is 0.118. The van der Waals surface area contributed by atoms with E-state index in [0.717, 1.165) is 32.8 Å². The predicted molar refractivity (Wildman–Crippen MR) is 93.4 cm³/mol. The Labute approximate surface area is 138 Å². The standard InChI is InChI=1S/C17H14ClNS2/c18-15-8-6-14(7-9-15)16-12-21-17(19-16)20-11-10-13-4-2-1-3-5-13/h1-9,12H,10-11H2. The van der Waals surface area contributed by atoms with Crippen LogP contribution in [0, 0.1) is 0 Å². The Morgan fingerprint density at radius 2 is 1.76 bits per heavy atom. The van der Waals surface area contributed by atoms with Gasteiger partial charge < -0.3 is 0 Å². The van der Waals surface area contributed by atoms with E-state index in [1.54, 1.807) is 11.3 Å². The number of hydrogen-bond acceptors (Lipinski definition) is 3. The molecule has 0 bridgehead atoms. The lowest BCUT2D eigenvalue weighted by molar-refractivity contribution is 1.15. The molecule has 0 atom stereocenters. The average molecular weight is 332 g/mol. The van der Waals surface area contributed by atoms with Gasteiger partial charge >= 0.3 is 0 Å². The van der Waals surface area contributed by atoms with E-state index in [1.165, 1.54) is 5.56 Å². The summed E-state index contributed by atoms with van der Waals surface area (Å²) in [5.74, 6) is 1.05. The van der Waals surface area contributed by atoms with Crippen molar-refractivity contribution >= 4 is 34.7 Å². The highest BCUT2D eigenvalue weighted by molar-refractivity contribution is 8.01. The summed E-state index contributed by atoms with van der Waals surface area (Å²) >= 11 is 9.43. The molecule has 1 aromatic heterocycles. The molecule has 0 radical (unpaired) electrons. The molecule has 106 valence electrons. The summed E-state index contributed by atoms with van der Waals surface area (Å²) in [5, 5.41) is 2.86. The largest absolute Gasteiger partial charge is 0.230 e. The van der Waals surface area contributed by atoms with Crippen molar-refractivity contribution in [3.63, 3.8) is 0 Å². The van der Waals surface area contributed by atoms with Crippen molar-refractivity contribution in [2.75, 3.05) is 5.75 Å². The SMILES string of the molecule is Clc1ccc(-c2csc(SCCc3ccccc3)n2)cc1. The van der Waals surface area contributed by atoms with E-state index in [-0.39, 0.29) is 0 Å². The number of aromatic nitrogens is 1. The van der Waals surface area contributed by atoms with Crippen LogP contribution >= 0.6 is 34.7 Å². The van der Waals surface area contributed by atoms with E-state index in [2.05, 4.69) is 40.7 Å². The van der Waals surface area contributed by atoms with E-state index in [1.807, 2.05) is 36.0 Å². The fourth-order valence-electron chi connectivity index (χ4n) is 1.98. The van der Waals surface area contributed by atoms with E-state index >= 15 is 0 Å². The minimum absolute atomic E-state index is 0.756. The van der Waals surface area contributed by atoms with Crippen LogP contribution in [0.15, 0.2) is 64.3 Å². The Bertz CT molecular complexity index is 692. The number of thioether (sulfide) groups is 1. The first-order chi connectivity index (χ1) is 10.3. The van der Waals surface area contributed by atoms with Gasteiger partial charge in [-0.2, -0.15) is 0 Å². The van der Waals surface area contributed by atoms with Gasteiger partial charge in [-0.25, -0.2) is 4.98 Å². The van der Waals surface area contributed by atoms with Gasteiger partial charge in [-0.3, -0.25) is 0 Å². The molecule has 2 aromatic carbocycles. The maximum atomic E-state index is 5.91. The third kappa shape index (κ3) is 4.10. The van der Waals surface area contributed by atoms with Crippen molar-refractivity contribution in [1.29, 1.82) is 0 Å². The van der Waals surface area contributed by atoms with Gasteiger partial charge in [0.15, 0.2) is 4.34 Å². The zero-order valence-corrected chi connectivity index (χ0v) is 13.7. The number of aryl methyl sites for hydroxylation is 1. The molecule has 0 unspecified atom stereocenters. The highest BCUT2D eigenvalue weighted by Gasteiger charge is 2.05. The Hall–Kier alpha value is -1.29. The Kier molecular flexibility index (Phi) is 4.96. The van der Waals surface area contributed by atoms with Crippen LogP contribution in [0.3, 0.4) is 0 Å². The third-order valence-corrected chi connectivity index (χ3v) is 5.36. The van der Waals surface area contributed by atoms with Gasteiger partial charge in [0.1, 0.15) is 0 Å². The maximum absolute atomic E-state index is 5.91. The van der Waals surface area contributed by atoms with Crippen LogP contribution in [-0.4, -0.2) is 10.7 Å². The van der Waals surface area contributed by atoms with Crippen molar-refractivity contribution in [3.8, 4) is 11.3 Å². The molecule has 21 heavy (non-hydrogen) atoms. The average Bonchev–Trinajstić information content (AvgIpc) is 2.98. The summed E-state index contributed by atoms with van der Waals surface area (Å²) in [5.41, 5.74) is 3.52. The minimum atomic E-state index is 0.756. The van der Waals surface area contributed by atoms with E-state index in [9.17, 15) is 0 Å². The van der Waals surface area contributed by atoms with Gasteiger partial charge in [0.05, 0.1) is 5.69 Å². The van der Waals surface area contributed by atoms with Crippen LogP contribution in [0.25, 0.3) is 11.3 Å². The molecule has 1 nitrogen and oxygen atoms in total. The maximum Gasteiger partial charge on any atom is 0.150 e. The van der Waals surface area contributed by atoms with E-state index in [4.69, 9.17) is 11.6 Å². The smallest absolute Gasteiger partial charge is 0.150 e. The van der Waals surface area contributed by atoms with Crippen LogP contribution < -0.4 is 0 Å².